The first kappa shape index (κ1) is 23.9. The van der Waals surface area contributed by atoms with Gasteiger partial charge in [0.15, 0.2) is 0 Å². The first-order chi connectivity index (χ1) is 15.3. The first-order valence-corrected chi connectivity index (χ1v) is 12.0. The van der Waals surface area contributed by atoms with Crippen molar-refractivity contribution in [1.29, 1.82) is 0 Å². The molecule has 0 aliphatic rings. The van der Waals surface area contributed by atoms with Gasteiger partial charge < -0.3 is 10.1 Å². The average Bonchev–Trinajstić information content (AvgIpc) is 2.77. The van der Waals surface area contributed by atoms with Gasteiger partial charge in [0.2, 0.25) is 5.91 Å². The molecule has 168 valence electrons. The Morgan fingerprint density at radius 1 is 0.906 bits per heavy atom. The smallest absolute Gasteiger partial charge is 0.264 e. The van der Waals surface area contributed by atoms with Crippen molar-refractivity contribution < 1.29 is 17.9 Å². The van der Waals surface area contributed by atoms with Crippen LogP contribution in [-0.4, -0.2) is 34.0 Å². The van der Waals surface area contributed by atoms with Crippen LogP contribution >= 0.6 is 23.2 Å². The molecular weight excluding hydrogens is 471 g/mol. The lowest BCUT2D eigenvalue weighted by Gasteiger charge is -2.24. The van der Waals surface area contributed by atoms with Crippen molar-refractivity contribution in [3.63, 3.8) is 0 Å². The Bertz CT molecular complexity index is 1150. The summed E-state index contributed by atoms with van der Waals surface area (Å²) in [6.07, 6.45) is 0. The molecule has 0 unspecified atom stereocenters. The molecule has 6 nitrogen and oxygen atoms in total. The maximum Gasteiger partial charge on any atom is 0.264 e. The van der Waals surface area contributed by atoms with E-state index in [9.17, 15) is 13.2 Å². The fourth-order valence-corrected chi connectivity index (χ4v) is 4.51. The van der Waals surface area contributed by atoms with Crippen LogP contribution in [0.2, 0.25) is 10.0 Å². The number of rotatable bonds is 9. The van der Waals surface area contributed by atoms with Crippen LogP contribution in [0, 0.1) is 6.92 Å². The molecule has 3 aromatic carbocycles. The van der Waals surface area contributed by atoms with E-state index in [1.165, 1.54) is 24.3 Å². The molecule has 0 aliphatic heterocycles. The number of anilines is 1. The van der Waals surface area contributed by atoms with E-state index in [2.05, 4.69) is 5.32 Å². The third-order valence-corrected chi connectivity index (χ3v) is 6.81. The number of halogens is 2. The molecular formula is C23H22Cl2N2O4S. The van der Waals surface area contributed by atoms with Gasteiger partial charge in [-0.2, -0.15) is 0 Å². The van der Waals surface area contributed by atoms with Crippen LogP contribution in [0.1, 0.15) is 5.56 Å². The molecule has 1 N–H and O–H groups in total. The molecule has 0 radical (unpaired) electrons. The monoisotopic (exact) mass is 492 g/mol. The summed E-state index contributed by atoms with van der Waals surface area (Å²) in [5, 5.41) is 3.71. The summed E-state index contributed by atoms with van der Waals surface area (Å²) >= 11 is 11.7. The Kier molecular flexibility index (Phi) is 8.01. The zero-order valence-corrected chi connectivity index (χ0v) is 19.6. The van der Waals surface area contributed by atoms with Gasteiger partial charge in [-0.05, 0) is 67.6 Å². The number of carbonyl (C=O) groups excluding carboxylic acids is 1. The molecule has 0 bridgehead atoms. The Labute approximate surface area is 197 Å². The predicted octanol–water partition coefficient (Wildman–Crippen LogP) is 4.69. The number of amides is 1. The number of benzene rings is 3. The van der Waals surface area contributed by atoms with Crippen LogP contribution in [-0.2, 0) is 14.8 Å². The largest absolute Gasteiger partial charge is 0.492 e. The lowest BCUT2D eigenvalue weighted by molar-refractivity contribution is -0.119. The molecule has 32 heavy (non-hydrogen) atoms. The second-order valence-corrected chi connectivity index (χ2v) is 9.69. The number of ether oxygens (including phenoxy) is 1. The molecule has 0 aliphatic carbocycles. The molecule has 9 heteroatoms. The van der Waals surface area contributed by atoms with E-state index in [0.717, 1.165) is 9.87 Å². The molecule has 0 atom stereocenters. The molecule has 3 rings (SSSR count). The van der Waals surface area contributed by atoms with E-state index in [0.29, 0.717) is 21.5 Å². The minimum absolute atomic E-state index is 0.0429. The van der Waals surface area contributed by atoms with Crippen LogP contribution in [0.5, 0.6) is 5.75 Å². The van der Waals surface area contributed by atoms with Gasteiger partial charge in [-0.3, -0.25) is 9.10 Å². The highest BCUT2D eigenvalue weighted by Crippen LogP contribution is 2.25. The molecule has 0 aromatic heterocycles. The van der Waals surface area contributed by atoms with E-state index in [1.54, 1.807) is 48.5 Å². The van der Waals surface area contributed by atoms with Crippen LogP contribution in [0.4, 0.5) is 5.69 Å². The molecule has 0 fully saturated rings. The lowest BCUT2D eigenvalue weighted by atomic mass is 10.2. The van der Waals surface area contributed by atoms with Crippen LogP contribution in [0.3, 0.4) is 0 Å². The summed E-state index contributed by atoms with van der Waals surface area (Å²) in [5.41, 5.74) is 1.36. The minimum atomic E-state index is -3.99. The van der Waals surface area contributed by atoms with Gasteiger partial charge in [-0.25, -0.2) is 8.42 Å². The lowest BCUT2D eigenvalue weighted by Crippen LogP contribution is -2.41. The van der Waals surface area contributed by atoms with Crippen LogP contribution < -0.4 is 14.4 Å². The van der Waals surface area contributed by atoms with E-state index in [1.807, 2.05) is 6.92 Å². The second-order valence-electron chi connectivity index (χ2n) is 6.95. The molecule has 0 heterocycles. The topological polar surface area (TPSA) is 75.7 Å². The number of aryl methyl sites for hydroxylation is 1. The Hall–Kier alpha value is -2.74. The number of hydrogen-bond acceptors (Lipinski definition) is 4. The van der Waals surface area contributed by atoms with Crippen molar-refractivity contribution >= 4 is 44.8 Å². The third-order valence-electron chi connectivity index (χ3n) is 4.52. The second kappa shape index (κ2) is 10.7. The fraction of sp³-hybridized carbons (Fsp3) is 0.174. The van der Waals surface area contributed by atoms with Crippen LogP contribution in [0.25, 0.3) is 0 Å². The van der Waals surface area contributed by atoms with Crippen LogP contribution in [0.15, 0.2) is 77.7 Å². The van der Waals surface area contributed by atoms with E-state index >= 15 is 0 Å². The van der Waals surface area contributed by atoms with Gasteiger partial charge in [-0.1, -0.05) is 40.9 Å². The summed E-state index contributed by atoms with van der Waals surface area (Å²) in [6, 6.07) is 19.6. The normalized spacial score (nSPS) is 11.1. The van der Waals surface area contributed by atoms with Crippen molar-refractivity contribution in [3.05, 3.63) is 88.4 Å². The van der Waals surface area contributed by atoms with Crippen molar-refractivity contribution in [1.82, 2.24) is 5.32 Å². The molecule has 0 spiro atoms. The quantitative estimate of drug-likeness (QED) is 0.439. The molecule has 3 aromatic rings. The zero-order chi connectivity index (χ0) is 23.1. The SMILES string of the molecule is Cc1ccc(N(CC(=O)NCCOc2ccc(Cl)cc2)S(=O)(=O)c2ccc(Cl)cc2)cc1. The molecule has 1 amide bonds. The van der Waals surface area contributed by atoms with Crippen molar-refractivity contribution in [2.24, 2.45) is 0 Å². The van der Waals surface area contributed by atoms with E-state index < -0.39 is 15.9 Å². The van der Waals surface area contributed by atoms with Gasteiger partial charge in [-0.15, -0.1) is 0 Å². The number of hydrogen-bond donors (Lipinski definition) is 1. The summed E-state index contributed by atoms with van der Waals surface area (Å²) in [5.74, 6) is 0.165. The standard InChI is InChI=1S/C23H22Cl2N2O4S/c1-17-2-8-20(9-3-17)27(32(29,30)22-12-6-19(25)7-13-22)16-23(28)26-14-15-31-21-10-4-18(24)5-11-21/h2-13H,14-16H2,1H3,(H,26,28). The highest BCUT2D eigenvalue weighted by Gasteiger charge is 2.27. The first-order valence-electron chi connectivity index (χ1n) is 9.76. The summed E-state index contributed by atoms with van der Waals surface area (Å²) in [6.45, 7) is 1.95. The van der Waals surface area contributed by atoms with Gasteiger partial charge in [0, 0.05) is 10.0 Å². The molecule has 0 saturated carbocycles. The summed E-state index contributed by atoms with van der Waals surface area (Å²) in [4.78, 5) is 12.6. The number of carbonyl (C=O) groups is 1. The number of nitrogens with zero attached hydrogens (tertiary/aromatic N) is 1. The minimum Gasteiger partial charge on any atom is -0.492 e. The van der Waals surface area contributed by atoms with E-state index in [-0.39, 0.29) is 24.6 Å². The van der Waals surface area contributed by atoms with Gasteiger partial charge in [0.1, 0.15) is 18.9 Å². The Morgan fingerprint density at radius 3 is 2.06 bits per heavy atom. The average molecular weight is 493 g/mol. The van der Waals surface area contributed by atoms with Gasteiger partial charge >= 0.3 is 0 Å². The predicted molar refractivity (Wildman–Crippen MR) is 127 cm³/mol. The third kappa shape index (κ3) is 6.38. The highest BCUT2D eigenvalue weighted by atomic mass is 35.5. The number of nitrogens with one attached hydrogen (secondary N) is 1. The Balaban J connectivity index is 1.69. The zero-order valence-electron chi connectivity index (χ0n) is 17.3. The fourth-order valence-electron chi connectivity index (χ4n) is 2.84. The maximum atomic E-state index is 13.3. The summed E-state index contributed by atoms with van der Waals surface area (Å²) in [7, 11) is -3.99. The number of sulfonamides is 1. The molecule has 0 saturated heterocycles. The van der Waals surface area contributed by atoms with E-state index in [4.69, 9.17) is 27.9 Å². The maximum absolute atomic E-state index is 13.3. The van der Waals surface area contributed by atoms with Crippen molar-refractivity contribution in [2.45, 2.75) is 11.8 Å². The van der Waals surface area contributed by atoms with Crippen molar-refractivity contribution in [3.8, 4) is 5.75 Å². The van der Waals surface area contributed by atoms with Gasteiger partial charge in [0.25, 0.3) is 10.0 Å². The van der Waals surface area contributed by atoms with Crippen molar-refractivity contribution in [2.75, 3.05) is 24.0 Å². The highest BCUT2D eigenvalue weighted by molar-refractivity contribution is 7.92. The Morgan fingerprint density at radius 2 is 1.47 bits per heavy atom. The van der Waals surface area contributed by atoms with Gasteiger partial charge in [0.05, 0.1) is 17.1 Å². The summed E-state index contributed by atoms with van der Waals surface area (Å²) < 4.78 is 33.2.